The smallest absolute Gasteiger partial charge is 0.335 e. The van der Waals surface area contributed by atoms with Crippen LogP contribution in [0.2, 0.25) is 0 Å². The zero-order valence-electron chi connectivity index (χ0n) is 16.4. The summed E-state index contributed by atoms with van der Waals surface area (Å²) in [4.78, 5) is 35.8. The predicted molar refractivity (Wildman–Crippen MR) is 114 cm³/mol. The molecule has 0 saturated carbocycles. The maximum absolute atomic E-state index is 12.9. The SMILES string of the molecule is O=C(O)c1cc(C(=O)N[C@H](Cc2ccccc2)[C@@H](O)C(=O)O)cc(-c2ccccc2)c1. The molecule has 0 unspecified atom stereocenters. The Kier molecular flexibility index (Phi) is 6.79. The first kappa shape index (κ1) is 21.7. The molecule has 0 fully saturated rings. The average molecular weight is 419 g/mol. The first-order valence-corrected chi connectivity index (χ1v) is 9.54. The van der Waals surface area contributed by atoms with Crippen molar-refractivity contribution in [2.75, 3.05) is 0 Å². The van der Waals surface area contributed by atoms with Crippen LogP contribution in [0.5, 0.6) is 0 Å². The van der Waals surface area contributed by atoms with E-state index in [-0.39, 0.29) is 17.5 Å². The number of aliphatic carboxylic acids is 1. The van der Waals surface area contributed by atoms with Crippen LogP contribution < -0.4 is 5.32 Å². The number of aliphatic hydroxyl groups excluding tert-OH is 1. The zero-order valence-corrected chi connectivity index (χ0v) is 16.4. The number of amides is 1. The molecule has 0 spiro atoms. The number of carbonyl (C=O) groups excluding carboxylic acids is 1. The summed E-state index contributed by atoms with van der Waals surface area (Å²) in [5, 5.41) is 31.4. The lowest BCUT2D eigenvalue weighted by molar-refractivity contribution is -0.148. The maximum Gasteiger partial charge on any atom is 0.335 e. The van der Waals surface area contributed by atoms with E-state index in [0.717, 1.165) is 11.1 Å². The molecule has 3 aromatic rings. The summed E-state index contributed by atoms with van der Waals surface area (Å²) in [7, 11) is 0. The van der Waals surface area contributed by atoms with Gasteiger partial charge in [0.15, 0.2) is 6.10 Å². The van der Waals surface area contributed by atoms with Crippen molar-refractivity contribution in [3.63, 3.8) is 0 Å². The fourth-order valence-electron chi connectivity index (χ4n) is 3.21. The van der Waals surface area contributed by atoms with Gasteiger partial charge in [-0.05, 0) is 41.3 Å². The van der Waals surface area contributed by atoms with Gasteiger partial charge in [-0.15, -0.1) is 0 Å². The molecule has 4 N–H and O–H groups in total. The number of rotatable bonds is 8. The van der Waals surface area contributed by atoms with Crippen molar-refractivity contribution in [2.24, 2.45) is 0 Å². The van der Waals surface area contributed by atoms with Gasteiger partial charge >= 0.3 is 11.9 Å². The average Bonchev–Trinajstić information content (AvgIpc) is 2.79. The summed E-state index contributed by atoms with van der Waals surface area (Å²) in [6.45, 7) is 0. The number of carboxylic acid groups (broad SMARTS) is 2. The quantitative estimate of drug-likeness (QED) is 0.445. The van der Waals surface area contributed by atoms with Crippen LogP contribution in [0.3, 0.4) is 0 Å². The minimum Gasteiger partial charge on any atom is -0.479 e. The molecule has 7 heteroatoms. The first-order chi connectivity index (χ1) is 14.8. The minimum absolute atomic E-state index is 0.0504. The summed E-state index contributed by atoms with van der Waals surface area (Å²) >= 11 is 0. The highest BCUT2D eigenvalue weighted by atomic mass is 16.4. The highest BCUT2D eigenvalue weighted by Gasteiger charge is 2.28. The van der Waals surface area contributed by atoms with Crippen LogP contribution in [0.1, 0.15) is 26.3 Å². The number of carbonyl (C=O) groups is 3. The van der Waals surface area contributed by atoms with E-state index in [4.69, 9.17) is 0 Å². The molecule has 0 bridgehead atoms. The summed E-state index contributed by atoms with van der Waals surface area (Å²) < 4.78 is 0. The molecule has 0 aliphatic carbocycles. The molecule has 2 atom stereocenters. The van der Waals surface area contributed by atoms with Crippen molar-refractivity contribution in [2.45, 2.75) is 18.6 Å². The molecular weight excluding hydrogens is 398 g/mol. The van der Waals surface area contributed by atoms with Crippen LogP contribution in [0.15, 0.2) is 78.9 Å². The molecule has 3 aromatic carbocycles. The highest BCUT2D eigenvalue weighted by Crippen LogP contribution is 2.23. The molecule has 0 aromatic heterocycles. The second-order valence-electron chi connectivity index (χ2n) is 7.02. The van der Waals surface area contributed by atoms with Crippen molar-refractivity contribution in [1.29, 1.82) is 0 Å². The van der Waals surface area contributed by atoms with Crippen molar-refractivity contribution in [3.8, 4) is 11.1 Å². The van der Waals surface area contributed by atoms with Gasteiger partial charge < -0.3 is 20.6 Å². The van der Waals surface area contributed by atoms with Crippen molar-refractivity contribution >= 4 is 17.8 Å². The van der Waals surface area contributed by atoms with Gasteiger partial charge in [-0.1, -0.05) is 60.7 Å². The van der Waals surface area contributed by atoms with E-state index in [9.17, 15) is 29.7 Å². The Morgan fingerprint density at radius 3 is 1.94 bits per heavy atom. The van der Waals surface area contributed by atoms with E-state index >= 15 is 0 Å². The fraction of sp³-hybridized carbons (Fsp3) is 0.125. The Bertz CT molecular complexity index is 1080. The van der Waals surface area contributed by atoms with Gasteiger partial charge in [-0.2, -0.15) is 0 Å². The topological polar surface area (TPSA) is 124 Å². The third-order valence-corrected chi connectivity index (χ3v) is 4.80. The van der Waals surface area contributed by atoms with Crippen LogP contribution in [0.25, 0.3) is 11.1 Å². The molecular formula is C24H21NO6. The Balaban J connectivity index is 1.93. The third kappa shape index (κ3) is 5.55. The van der Waals surface area contributed by atoms with Crippen LogP contribution in [0, 0.1) is 0 Å². The molecule has 0 heterocycles. The number of hydrogen-bond acceptors (Lipinski definition) is 4. The summed E-state index contributed by atoms with van der Waals surface area (Å²) in [6.07, 6.45) is -1.75. The van der Waals surface area contributed by atoms with Gasteiger partial charge in [0, 0.05) is 5.56 Å². The minimum atomic E-state index is -1.83. The number of carboxylic acids is 2. The molecule has 0 aliphatic heterocycles. The zero-order chi connectivity index (χ0) is 22.4. The monoisotopic (exact) mass is 419 g/mol. The van der Waals surface area contributed by atoms with Crippen LogP contribution in [0.4, 0.5) is 0 Å². The second kappa shape index (κ2) is 9.69. The molecule has 7 nitrogen and oxygen atoms in total. The number of hydrogen-bond donors (Lipinski definition) is 4. The standard InChI is InChI=1S/C24H21NO6/c26-21(24(30)31)20(11-15-7-3-1-4-8-15)25-22(27)18-12-17(13-19(14-18)23(28)29)16-9-5-2-6-10-16/h1-10,12-14,20-21,26H,11H2,(H,25,27)(H,28,29)(H,30,31)/t20-,21-/m1/s1. The van der Waals surface area contributed by atoms with Gasteiger partial charge in [-0.25, -0.2) is 9.59 Å². The Hall–Kier alpha value is -3.97. The Labute approximate surface area is 178 Å². The van der Waals surface area contributed by atoms with Gasteiger partial charge in [0.2, 0.25) is 0 Å². The number of nitrogens with one attached hydrogen (secondary N) is 1. The van der Waals surface area contributed by atoms with E-state index in [1.807, 2.05) is 6.07 Å². The van der Waals surface area contributed by atoms with Gasteiger partial charge in [0.1, 0.15) is 0 Å². The number of benzene rings is 3. The maximum atomic E-state index is 12.9. The lowest BCUT2D eigenvalue weighted by atomic mass is 9.98. The normalized spacial score (nSPS) is 12.5. The molecule has 31 heavy (non-hydrogen) atoms. The van der Waals surface area contributed by atoms with Gasteiger partial charge in [-0.3, -0.25) is 4.79 Å². The molecule has 1 amide bonds. The summed E-state index contributed by atoms with van der Waals surface area (Å²) in [5.41, 5.74) is 1.96. The third-order valence-electron chi connectivity index (χ3n) is 4.80. The van der Waals surface area contributed by atoms with E-state index < -0.39 is 30.0 Å². The van der Waals surface area contributed by atoms with Crippen molar-refractivity contribution in [3.05, 3.63) is 95.6 Å². The molecule has 0 saturated heterocycles. The van der Waals surface area contributed by atoms with Crippen LogP contribution >= 0.6 is 0 Å². The molecule has 158 valence electrons. The number of aromatic carboxylic acids is 1. The van der Waals surface area contributed by atoms with Crippen molar-refractivity contribution in [1.82, 2.24) is 5.32 Å². The van der Waals surface area contributed by atoms with E-state index in [2.05, 4.69) is 5.32 Å². The molecule has 3 rings (SSSR count). The molecule has 0 aliphatic rings. The van der Waals surface area contributed by atoms with E-state index in [1.54, 1.807) is 54.6 Å². The Morgan fingerprint density at radius 2 is 1.35 bits per heavy atom. The summed E-state index contributed by atoms with van der Waals surface area (Å²) in [5.74, 6) is -3.34. The van der Waals surface area contributed by atoms with Gasteiger partial charge in [0.25, 0.3) is 5.91 Å². The fourth-order valence-corrected chi connectivity index (χ4v) is 3.21. The van der Waals surface area contributed by atoms with E-state index in [0.29, 0.717) is 5.56 Å². The lowest BCUT2D eigenvalue weighted by Crippen LogP contribution is -2.48. The van der Waals surface area contributed by atoms with Crippen molar-refractivity contribution < 1.29 is 29.7 Å². The molecule has 0 radical (unpaired) electrons. The van der Waals surface area contributed by atoms with E-state index in [1.165, 1.54) is 18.2 Å². The van der Waals surface area contributed by atoms with Crippen LogP contribution in [-0.4, -0.2) is 45.3 Å². The predicted octanol–water partition coefficient (Wildman–Crippen LogP) is 2.84. The highest BCUT2D eigenvalue weighted by molar-refractivity contribution is 5.99. The summed E-state index contributed by atoms with van der Waals surface area (Å²) in [6, 6.07) is 20.9. The van der Waals surface area contributed by atoms with Gasteiger partial charge in [0.05, 0.1) is 11.6 Å². The Morgan fingerprint density at radius 1 is 0.774 bits per heavy atom. The van der Waals surface area contributed by atoms with Crippen LogP contribution in [-0.2, 0) is 11.2 Å². The first-order valence-electron chi connectivity index (χ1n) is 9.54. The second-order valence-corrected chi connectivity index (χ2v) is 7.02. The lowest BCUT2D eigenvalue weighted by Gasteiger charge is -2.22. The largest absolute Gasteiger partial charge is 0.479 e. The number of aliphatic hydroxyl groups is 1.